The van der Waals surface area contributed by atoms with Crippen LogP contribution >= 0.6 is 0 Å². The van der Waals surface area contributed by atoms with E-state index in [0.717, 1.165) is 6.42 Å². The predicted octanol–water partition coefficient (Wildman–Crippen LogP) is 2.63. The molecule has 0 aliphatic heterocycles. The largest absolute Gasteiger partial charge is 0.409 e. The number of hydrogen-bond donors (Lipinski definition) is 2. The number of nitrogens with zero attached hydrogens (tertiary/aromatic N) is 1. The topological polar surface area (TPSA) is 67.8 Å². The fourth-order valence-electron chi connectivity index (χ4n) is 1.32. The van der Waals surface area contributed by atoms with Crippen molar-refractivity contribution in [3.63, 3.8) is 0 Å². The molecule has 0 fully saturated rings. The molecule has 0 aliphatic rings. The van der Waals surface area contributed by atoms with Crippen LogP contribution in [0.3, 0.4) is 0 Å². The number of amidine groups is 1. The molecule has 0 aromatic heterocycles. The van der Waals surface area contributed by atoms with E-state index in [0.29, 0.717) is 5.56 Å². The molecule has 0 unspecified atom stereocenters. The lowest BCUT2D eigenvalue weighted by atomic mass is 10.1. The Kier molecular flexibility index (Phi) is 4.67. The monoisotopic (exact) mass is 254 g/mol. The van der Waals surface area contributed by atoms with Gasteiger partial charge in [0.2, 0.25) is 0 Å². The molecule has 0 spiro atoms. The molecule has 0 atom stereocenters. The molecule has 0 aliphatic carbocycles. The molecule has 1 aromatic rings. The number of nitrogens with two attached hydrogens (primary N) is 1. The Morgan fingerprint density at radius 1 is 1.50 bits per heavy atom. The molecule has 0 saturated heterocycles. The molecule has 0 amide bonds. The highest BCUT2D eigenvalue weighted by molar-refractivity contribution is 5.97. The van der Waals surface area contributed by atoms with Crippen molar-refractivity contribution in [2.75, 3.05) is 0 Å². The first kappa shape index (κ1) is 14.4. The van der Waals surface area contributed by atoms with E-state index in [-0.39, 0.29) is 23.6 Å². The van der Waals surface area contributed by atoms with Gasteiger partial charge in [0.15, 0.2) is 5.84 Å². The van der Waals surface area contributed by atoms with Crippen molar-refractivity contribution in [1.82, 2.24) is 0 Å². The summed E-state index contributed by atoms with van der Waals surface area (Å²) in [6, 6.07) is 4.72. The summed E-state index contributed by atoms with van der Waals surface area (Å²) < 4.78 is 19.7. The van der Waals surface area contributed by atoms with E-state index < -0.39 is 5.82 Å². The molecule has 1 aromatic carbocycles. The van der Waals surface area contributed by atoms with Crippen LogP contribution in [0.2, 0.25) is 0 Å². The van der Waals surface area contributed by atoms with Gasteiger partial charge in [-0.1, -0.05) is 24.2 Å². The van der Waals surface area contributed by atoms with Crippen molar-refractivity contribution >= 4 is 5.84 Å². The highest BCUT2D eigenvalue weighted by atomic mass is 19.1. The van der Waals surface area contributed by atoms with Gasteiger partial charge in [-0.25, -0.2) is 4.39 Å². The van der Waals surface area contributed by atoms with Gasteiger partial charge >= 0.3 is 0 Å². The van der Waals surface area contributed by atoms with Gasteiger partial charge in [-0.2, -0.15) is 0 Å². The number of rotatable bonds is 5. The van der Waals surface area contributed by atoms with Gasteiger partial charge in [0, 0.05) is 5.56 Å². The van der Waals surface area contributed by atoms with Crippen molar-refractivity contribution in [3.8, 4) is 0 Å². The second-order valence-corrected chi connectivity index (χ2v) is 4.67. The third-order valence-corrected chi connectivity index (χ3v) is 2.93. The smallest absolute Gasteiger partial charge is 0.173 e. The first-order valence-electron chi connectivity index (χ1n) is 5.80. The van der Waals surface area contributed by atoms with Crippen LogP contribution in [0.4, 0.5) is 4.39 Å². The minimum atomic E-state index is -0.514. The van der Waals surface area contributed by atoms with E-state index in [2.05, 4.69) is 5.16 Å². The summed E-state index contributed by atoms with van der Waals surface area (Å²) in [4.78, 5) is 0. The van der Waals surface area contributed by atoms with Crippen LogP contribution in [-0.4, -0.2) is 16.6 Å². The highest BCUT2D eigenvalue weighted by Crippen LogP contribution is 2.19. The van der Waals surface area contributed by atoms with Crippen LogP contribution in [0.1, 0.15) is 38.3 Å². The number of oxime groups is 1. The van der Waals surface area contributed by atoms with Gasteiger partial charge in [0.1, 0.15) is 5.82 Å². The summed E-state index contributed by atoms with van der Waals surface area (Å²) in [6.45, 7) is 6.04. The normalized spacial score (nSPS) is 12.8. The van der Waals surface area contributed by atoms with Crippen LogP contribution < -0.4 is 5.73 Å². The Morgan fingerprint density at radius 2 is 2.17 bits per heavy atom. The maximum Gasteiger partial charge on any atom is 0.173 e. The molecule has 0 bridgehead atoms. The summed E-state index contributed by atoms with van der Waals surface area (Å²) in [6.07, 6.45) is 0.828. The van der Waals surface area contributed by atoms with Crippen LogP contribution in [0.5, 0.6) is 0 Å². The number of benzene rings is 1. The molecule has 4 nitrogen and oxygen atoms in total. The lowest BCUT2D eigenvalue weighted by molar-refractivity contribution is -0.0326. The first-order chi connectivity index (χ1) is 8.41. The zero-order valence-corrected chi connectivity index (χ0v) is 10.9. The number of hydrogen-bond acceptors (Lipinski definition) is 3. The molecule has 0 heterocycles. The minimum absolute atomic E-state index is 0.0768. The standard InChI is InChI=1S/C13H19FN2O2/c1-4-13(2,3)18-8-9-6-5-7-10(11(9)14)12(15)16-17/h5-7,17H,4,8H2,1-3H3,(H2,15,16). The summed E-state index contributed by atoms with van der Waals surface area (Å²) in [5.74, 6) is -0.760. The number of ether oxygens (including phenoxy) is 1. The van der Waals surface area contributed by atoms with Crippen LogP contribution in [0, 0.1) is 5.82 Å². The Labute approximate surface area is 106 Å². The average molecular weight is 254 g/mol. The van der Waals surface area contributed by atoms with Gasteiger partial charge in [0.25, 0.3) is 0 Å². The summed E-state index contributed by atoms with van der Waals surface area (Å²) in [7, 11) is 0. The SMILES string of the molecule is CCC(C)(C)OCc1cccc(/C(N)=N/O)c1F. The van der Waals surface area contributed by atoms with E-state index in [9.17, 15) is 4.39 Å². The van der Waals surface area contributed by atoms with Crippen LogP contribution in [-0.2, 0) is 11.3 Å². The zero-order valence-electron chi connectivity index (χ0n) is 10.9. The van der Waals surface area contributed by atoms with E-state index in [1.807, 2.05) is 20.8 Å². The lowest BCUT2D eigenvalue weighted by Crippen LogP contribution is -2.23. The lowest BCUT2D eigenvalue weighted by Gasteiger charge is -2.23. The van der Waals surface area contributed by atoms with Crippen LogP contribution in [0.25, 0.3) is 0 Å². The fourth-order valence-corrected chi connectivity index (χ4v) is 1.32. The van der Waals surface area contributed by atoms with Crippen LogP contribution in [0.15, 0.2) is 23.4 Å². The molecule has 0 radical (unpaired) electrons. The molecular weight excluding hydrogens is 235 g/mol. The van der Waals surface area contributed by atoms with E-state index in [4.69, 9.17) is 15.7 Å². The molecule has 5 heteroatoms. The maximum absolute atomic E-state index is 14.0. The Bertz CT molecular complexity index is 445. The van der Waals surface area contributed by atoms with Gasteiger partial charge in [0.05, 0.1) is 17.8 Å². The first-order valence-corrected chi connectivity index (χ1v) is 5.80. The van der Waals surface area contributed by atoms with Crippen molar-refractivity contribution in [2.45, 2.75) is 39.4 Å². The van der Waals surface area contributed by atoms with E-state index in [1.54, 1.807) is 12.1 Å². The van der Waals surface area contributed by atoms with Crippen molar-refractivity contribution < 1.29 is 14.3 Å². The van der Waals surface area contributed by atoms with Gasteiger partial charge in [-0.05, 0) is 26.3 Å². The van der Waals surface area contributed by atoms with E-state index >= 15 is 0 Å². The van der Waals surface area contributed by atoms with E-state index in [1.165, 1.54) is 6.07 Å². The Hall–Kier alpha value is -1.62. The van der Waals surface area contributed by atoms with Crippen molar-refractivity contribution in [3.05, 3.63) is 35.1 Å². The molecule has 0 saturated carbocycles. The highest BCUT2D eigenvalue weighted by Gasteiger charge is 2.18. The zero-order chi connectivity index (χ0) is 13.8. The molecule has 18 heavy (non-hydrogen) atoms. The summed E-state index contributed by atoms with van der Waals surface area (Å²) in [5.41, 5.74) is 5.55. The molecule has 1 rings (SSSR count). The maximum atomic E-state index is 14.0. The average Bonchev–Trinajstić information content (AvgIpc) is 2.36. The number of halogens is 1. The van der Waals surface area contributed by atoms with Crippen molar-refractivity contribution in [2.24, 2.45) is 10.9 Å². The molecule has 100 valence electrons. The Morgan fingerprint density at radius 3 is 2.72 bits per heavy atom. The fraction of sp³-hybridized carbons (Fsp3) is 0.462. The quantitative estimate of drug-likeness (QED) is 0.367. The molecule has 3 N–H and O–H groups in total. The third kappa shape index (κ3) is 3.43. The van der Waals surface area contributed by atoms with Gasteiger partial charge in [-0.3, -0.25) is 0 Å². The predicted molar refractivity (Wildman–Crippen MR) is 68.1 cm³/mol. The van der Waals surface area contributed by atoms with Crippen molar-refractivity contribution in [1.29, 1.82) is 0 Å². The summed E-state index contributed by atoms with van der Waals surface area (Å²) >= 11 is 0. The second-order valence-electron chi connectivity index (χ2n) is 4.67. The van der Waals surface area contributed by atoms with Gasteiger partial charge in [-0.15, -0.1) is 0 Å². The minimum Gasteiger partial charge on any atom is -0.409 e. The van der Waals surface area contributed by atoms with Gasteiger partial charge < -0.3 is 15.7 Å². The second kappa shape index (κ2) is 5.82. The third-order valence-electron chi connectivity index (χ3n) is 2.93. The Balaban J connectivity index is 2.92. The molecular formula is C13H19FN2O2. The summed E-state index contributed by atoms with van der Waals surface area (Å²) in [5, 5.41) is 11.4.